The third kappa shape index (κ3) is 5.26. The van der Waals surface area contributed by atoms with Crippen molar-refractivity contribution >= 4 is 5.91 Å². The minimum Gasteiger partial charge on any atom is -0.454 e. The number of likely N-dealkylation sites (N-methyl/N-ethyl adjacent to an activating group) is 1. The van der Waals surface area contributed by atoms with E-state index in [0.29, 0.717) is 23.8 Å². The quantitative estimate of drug-likeness (QED) is 0.333. The summed E-state index contributed by atoms with van der Waals surface area (Å²) in [5, 5.41) is 0. The maximum atomic E-state index is 14.1. The van der Waals surface area contributed by atoms with Crippen molar-refractivity contribution in [2.75, 3.05) is 20.1 Å². The minimum absolute atomic E-state index is 0.0120. The van der Waals surface area contributed by atoms with Crippen LogP contribution in [0.3, 0.4) is 0 Å². The van der Waals surface area contributed by atoms with E-state index in [0.717, 1.165) is 56.0 Å². The number of benzene rings is 3. The lowest BCUT2D eigenvalue weighted by molar-refractivity contribution is 0.0632. The van der Waals surface area contributed by atoms with E-state index < -0.39 is 11.6 Å². The molecule has 3 aromatic carbocycles. The summed E-state index contributed by atoms with van der Waals surface area (Å²) in [5.41, 5.74) is 4.10. The Morgan fingerprint density at radius 3 is 2.62 bits per heavy atom. The first-order valence-electron chi connectivity index (χ1n) is 13.3. The molecule has 6 heteroatoms. The van der Waals surface area contributed by atoms with Crippen LogP contribution in [0.1, 0.15) is 58.8 Å². The molecule has 0 radical (unpaired) electrons. The van der Waals surface area contributed by atoms with Crippen LogP contribution >= 0.6 is 0 Å². The number of nitrogens with zero attached hydrogens (tertiary/aromatic N) is 2. The highest BCUT2D eigenvalue weighted by Gasteiger charge is 2.40. The van der Waals surface area contributed by atoms with Crippen LogP contribution in [0.4, 0.5) is 8.78 Å². The van der Waals surface area contributed by atoms with Crippen LogP contribution in [-0.4, -0.2) is 41.9 Å². The number of rotatable bonds is 9. The van der Waals surface area contributed by atoms with Gasteiger partial charge < -0.3 is 14.5 Å². The fourth-order valence-electron chi connectivity index (χ4n) is 5.54. The van der Waals surface area contributed by atoms with Crippen LogP contribution in [0.15, 0.2) is 60.7 Å². The molecule has 0 bridgehead atoms. The topological polar surface area (TPSA) is 32.8 Å². The van der Waals surface area contributed by atoms with Crippen molar-refractivity contribution in [2.45, 2.75) is 50.6 Å². The van der Waals surface area contributed by atoms with Crippen LogP contribution in [0.5, 0.6) is 11.5 Å². The van der Waals surface area contributed by atoms with Gasteiger partial charge in [-0.25, -0.2) is 8.78 Å². The van der Waals surface area contributed by atoms with E-state index in [1.807, 2.05) is 11.0 Å². The standard InChI is InChI=1S/C31H32F2N2O2/c1-34(25-9-10-25)15-13-20-3-2-4-23(17-20)30(22-5-6-22)35-16-14-21-7-11-26(19-27(21)31(35)36)37-29-12-8-24(32)18-28(29)33/h2-4,7-8,11-12,17-19,22,25,30H,5-6,9-10,13-16H2,1H3. The van der Waals surface area contributed by atoms with Gasteiger partial charge in [-0.15, -0.1) is 0 Å². The number of amides is 1. The normalized spacial score (nSPS) is 18.2. The fourth-order valence-corrected chi connectivity index (χ4v) is 5.54. The van der Waals surface area contributed by atoms with Gasteiger partial charge >= 0.3 is 0 Å². The van der Waals surface area contributed by atoms with Gasteiger partial charge in [0.2, 0.25) is 0 Å². The van der Waals surface area contributed by atoms with Crippen molar-refractivity contribution < 1.29 is 18.3 Å². The van der Waals surface area contributed by atoms with Crippen LogP contribution in [-0.2, 0) is 12.8 Å². The first kappa shape index (κ1) is 24.1. The van der Waals surface area contributed by atoms with Gasteiger partial charge in [0, 0.05) is 30.8 Å². The molecule has 1 atom stereocenters. The Bertz CT molecular complexity index is 1320. The highest BCUT2D eigenvalue weighted by Crippen LogP contribution is 2.46. The van der Waals surface area contributed by atoms with Gasteiger partial charge in [0.25, 0.3) is 5.91 Å². The Kier molecular flexibility index (Phi) is 6.45. The van der Waals surface area contributed by atoms with Crippen molar-refractivity contribution in [2.24, 2.45) is 5.92 Å². The molecule has 1 heterocycles. The molecule has 1 unspecified atom stereocenters. The summed E-state index contributed by atoms with van der Waals surface area (Å²) in [4.78, 5) is 18.3. The SMILES string of the molecule is CN(CCc1cccc(C(C2CC2)N2CCc3ccc(Oc4ccc(F)cc4F)cc3C2=O)c1)C1CC1. The third-order valence-corrected chi connectivity index (χ3v) is 7.94. The average Bonchev–Trinajstić information content (AvgIpc) is 3.81. The van der Waals surface area contributed by atoms with Crippen molar-refractivity contribution in [3.63, 3.8) is 0 Å². The summed E-state index contributed by atoms with van der Waals surface area (Å²) in [5.74, 6) is -0.677. The van der Waals surface area contributed by atoms with Crippen molar-refractivity contribution in [1.82, 2.24) is 9.80 Å². The Morgan fingerprint density at radius 1 is 1.03 bits per heavy atom. The fraction of sp³-hybridized carbons (Fsp3) is 0.387. The molecule has 0 spiro atoms. The van der Waals surface area contributed by atoms with Crippen molar-refractivity contribution in [3.05, 3.63) is 94.6 Å². The lowest BCUT2D eigenvalue weighted by Gasteiger charge is -2.36. The zero-order valence-electron chi connectivity index (χ0n) is 21.1. The van der Waals surface area contributed by atoms with Crippen molar-refractivity contribution in [3.8, 4) is 11.5 Å². The predicted molar refractivity (Wildman–Crippen MR) is 139 cm³/mol. The van der Waals surface area contributed by atoms with Crippen molar-refractivity contribution in [1.29, 1.82) is 0 Å². The number of carbonyl (C=O) groups is 1. The Labute approximate surface area is 216 Å². The summed E-state index contributed by atoms with van der Waals surface area (Å²) < 4.78 is 33.1. The molecule has 2 saturated carbocycles. The van der Waals surface area contributed by atoms with Gasteiger partial charge in [0.1, 0.15) is 11.6 Å². The monoisotopic (exact) mass is 502 g/mol. The average molecular weight is 503 g/mol. The first-order chi connectivity index (χ1) is 18.0. The molecule has 2 fully saturated rings. The predicted octanol–water partition coefficient (Wildman–Crippen LogP) is 6.54. The molecule has 0 aromatic heterocycles. The van der Waals surface area contributed by atoms with Gasteiger partial charge in [-0.3, -0.25) is 4.79 Å². The lowest BCUT2D eigenvalue weighted by atomic mass is 9.92. The summed E-state index contributed by atoms with van der Waals surface area (Å²) in [6, 6.07) is 18.1. The van der Waals surface area contributed by atoms with E-state index in [-0.39, 0.29) is 17.7 Å². The second-order valence-corrected chi connectivity index (χ2v) is 10.7. The molecule has 1 amide bonds. The summed E-state index contributed by atoms with van der Waals surface area (Å²) in [6.07, 6.45) is 6.65. The van der Waals surface area contributed by atoms with E-state index in [4.69, 9.17) is 4.74 Å². The second-order valence-electron chi connectivity index (χ2n) is 10.7. The Morgan fingerprint density at radius 2 is 1.86 bits per heavy atom. The molecule has 2 aliphatic carbocycles. The van der Waals surface area contributed by atoms with E-state index in [2.05, 4.69) is 36.2 Å². The highest BCUT2D eigenvalue weighted by atomic mass is 19.1. The molecule has 3 aliphatic rings. The molecule has 6 rings (SSSR count). The number of halogens is 2. The number of hydrogen-bond donors (Lipinski definition) is 0. The zero-order chi connectivity index (χ0) is 25.5. The minimum atomic E-state index is -0.775. The summed E-state index contributed by atoms with van der Waals surface area (Å²) >= 11 is 0. The maximum Gasteiger partial charge on any atom is 0.254 e. The van der Waals surface area contributed by atoms with E-state index >= 15 is 0 Å². The molecular formula is C31H32F2N2O2. The molecule has 4 nitrogen and oxygen atoms in total. The molecule has 0 saturated heterocycles. The van der Waals surface area contributed by atoms with E-state index in [1.165, 1.54) is 30.0 Å². The maximum absolute atomic E-state index is 14.1. The molecule has 1 aliphatic heterocycles. The van der Waals surface area contributed by atoms with Gasteiger partial charge in [0.15, 0.2) is 11.6 Å². The smallest absolute Gasteiger partial charge is 0.254 e. The molecule has 0 N–H and O–H groups in total. The number of fused-ring (bicyclic) bond motifs is 1. The largest absolute Gasteiger partial charge is 0.454 e. The van der Waals surface area contributed by atoms with E-state index in [9.17, 15) is 13.6 Å². The number of hydrogen-bond acceptors (Lipinski definition) is 3. The number of ether oxygens (including phenoxy) is 1. The van der Waals surface area contributed by atoms with Crippen LogP contribution < -0.4 is 4.74 Å². The highest BCUT2D eigenvalue weighted by molar-refractivity contribution is 5.97. The number of carbonyl (C=O) groups excluding carboxylic acids is 1. The van der Waals surface area contributed by atoms with Crippen LogP contribution in [0, 0.1) is 17.6 Å². The lowest BCUT2D eigenvalue weighted by Crippen LogP contribution is -2.41. The summed E-state index contributed by atoms with van der Waals surface area (Å²) in [7, 11) is 2.21. The van der Waals surface area contributed by atoms with Gasteiger partial charge in [-0.2, -0.15) is 0 Å². The molecule has 3 aromatic rings. The second kappa shape index (κ2) is 9.90. The zero-order valence-corrected chi connectivity index (χ0v) is 21.1. The van der Waals surface area contributed by atoms with E-state index in [1.54, 1.807) is 12.1 Å². The van der Waals surface area contributed by atoms with Crippen LogP contribution in [0.25, 0.3) is 0 Å². The Hall–Kier alpha value is -3.25. The molecular weight excluding hydrogens is 470 g/mol. The molecule has 37 heavy (non-hydrogen) atoms. The van der Waals surface area contributed by atoms with Gasteiger partial charge in [-0.1, -0.05) is 30.3 Å². The summed E-state index contributed by atoms with van der Waals surface area (Å²) in [6.45, 7) is 1.73. The third-order valence-electron chi connectivity index (χ3n) is 7.94. The van der Waals surface area contributed by atoms with Gasteiger partial charge in [-0.05, 0) is 92.4 Å². The first-order valence-corrected chi connectivity index (χ1v) is 13.3. The van der Waals surface area contributed by atoms with Crippen LogP contribution in [0.2, 0.25) is 0 Å². The Balaban J connectivity index is 1.23. The molecule has 192 valence electrons. The van der Waals surface area contributed by atoms with Gasteiger partial charge in [0.05, 0.1) is 6.04 Å².